The topological polar surface area (TPSA) is 95.7 Å². The Hall–Kier alpha value is -1.14. The lowest BCUT2D eigenvalue weighted by molar-refractivity contribution is -0.121. The van der Waals surface area contributed by atoms with Crippen molar-refractivity contribution in [2.45, 2.75) is 44.2 Å². The summed E-state index contributed by atoms with van der Waals surface area (Å²) in [5.41, 5.74) is 4.92. The van der Waals surface area contributed by atoms with Gasteiger partial charge in [-0.2, -0.15) is 0 Å². The van der Waals surface area contributed by atoms with E-state index in [9.17, 15) is 14.7 Å². The van der Waals surface area contributed by atoms with Gasteiger partial charge in [0.25, 0.3) is 0 Å². The zero-order valence-corrected chi connectivity index (χ0v) is 10.5. The Kier molecular flexibility index (Phi) is 4.19. The van der Waals surface area contributed by atoms with E-state index in [1.165, 1.54) is 0 Å². The fraction of sp³-hybridized carbons (Fsp3) is 0.833. The maximum absolute atomic E-state index is 11.5. The van der Waals surface area contributed by atoms with Crippen LogP contribution in [-0.4, -0.2) is 47.2 Å². The number of carbonyl (C=O) groups excluding carboxylic acids is 2. The molecule has 2 rings (SSSR count). The molecule has 4 N–H and O–H groups in total. The first-order chi connectivity index (χ1) is 8.58. The van der Waals surface area contributed by atoms with E-state index in [0.717, 1.165) is 38.6 Å². The third-order valence-corrected chi connectivity index (χ3v) is 4.05. The largest absolute Gasteiger partial charge is 0.393 e. The van der Waals surface area contributed by atoms with Gasteiger partial charge in [-0.25, -0.2) is 4.79 Å². The number of carbonyl (C=O) groups is 2. The Balaban J connectivity index is 1.91. The fourth-order valence-electron chi connectivity index (χ4n) is 3.31. The molecule has 2 fully saturated rings. The van der Waals surface area contributed by atoms with Gasteiger partial charge in [0.05, 0.1) is 12.6 Å². The monoisotopic (exact) mass is 255 g/mol. The van der Waals surface area contributed by atoms with E-state index in [4.69, 9.17) is 5.73 Å². The summed E-state index contributed by atoms with van der Waals surface area (Å²) in [4.78, 5) is 24.2. The van der Waals surface area contributed by atoms with Crippen LogP contribution in [-0.2, 0) is 4.79 Å². The van der Waals surface area contributed by atoms with Crippen molar-refractivity contribution in [1.82, 2.24) is 10.2 Å². The third kappa shape index (κ3) is 3.00. The summed E-state index contributed by atoms with van der Waals surface area (Å²) in [6.45, 7) is 1.04. The molecule has 1 heterocycles. The van der Waals surface area contributed by atoms with E-state index >= 15 is 0 Å². The van der Waals surface area contributed by atoms with Crippen LogP contribution in [0, 0.1) is 5.92 Å². The lowest BCUT2D eigenvalue weighted by Gasteiger charge is -2.30. The molecule has 1 saturated heterocycles. The zero-order chi connectivity index (χ0) is 13.1. The van der Waals surface area contributed by atoms with Gasteiger partial charge >= 0.3 is 6.03 Å². The SMILES string of the molecule is NC(=O)NC(=O)CN1CCCC1C1CCCC1O. The molecule has 1 aliphatic heterocycles. The first-order valence-electron chi connectivity index (χ1n) is 6.59. The van der Waals surface area contributed by atoms with E-state index in [-0.39, 0.29) is 30.5 Å². The standard InChI is InChI=1S/C12H21N3O3/c13-12(18)14-11(17)7-15-6-2-4-9(15)8-3-1-5-10(8)16/h8-10,16H,1-7H2,(H3,13,14,17,18). The maximum atomic E-state index is 11.5. The van der Waals surface area contributed by atoms with Crippen molar-refractivity contribution in [3.63, 3.8) is 0 Å². The number of nitrogens with two attached hydrogens (primary N) is 1. The second-order valence-corrected chi connectivity index (χ2v) is 5.25. The Morgan fingerprint density at radius 1 is 1.28 bits per heavy atom. The van der Waals surface area contributed by atoms with Gasteiger partial charge in [0, 0.05) is 12.0 Å². The molecule has 0 radical (unpaired) electrons. The Morgan fingerprint density at radius 2 is 2.06 bits per heavy atom. The summed E-state index contributed by atoms with van der Waals surface area (Å²) >= 11 is 0. The summed E-state index contributed by atoms with van der Waals surface area (Å²) in [6, 6.07) is -0.544. The fourth-order valence-corrected chi connectivity index (χ4v) is 3.31. The van der Waals surface area contributed by atoms with E-state index in [0.29, 0.717) is 0 Å². The first-order valence-corrected chi connectivity index (χ1v) is 6.59. The average Bonchev–Trinajstić information content (AvgIpc) is 2.85. The number of aliphatic hydroxyl groups is 1. The van der Waals surface area contributed by atoms with Crippen LogP contribution in [0.4, 0.5) is 4.79 Å². The average molecular weight is 255 g/mol. The van der Waals surface area contributed by atoms with Gasteiger partial charge in [0.15, 0.2) is 0 Å². The minimum atomic E-state index is -0.809. The molecule has 6 nitrogen and oxygen atoms in total. The van der Waals surface area contributed by atoms with Crippen LogP contribution >= 0.6 is 0 Å². The maximum Gasteiger partial charge on any atom is 0.318 e. The molecule has 6 heteroatoms. The van der Waals surface area contributed by atoms with Crippen molar-refractivity contribution in [1.29, 1.82) is 0 Å². The summed E-state index contributed by atoms with van der Waals surface area (Å²) < 4.78 is 0. The molecule has 0 aromatic heterocycles. The number of nitrogens with one attached hydrogen (secondary N) is 1. The number of amides is 3. The van der Waals surface area contributed by atoms with Gasteiger partial charge in [-0.05, 0) is 32.2 Å². The van der Waals surface area contributed by atoms with Crippen LogP contribution in [0.5, 0.6) is 0 Å². The summed E-state index contributed by atoms with van der Waals surface area (Å²) in [5.74, 6) is -0.0873. The highest BCUT2D eigenvalue weighted by Crippen LogP contribution is 2.35. The summed E-state index contributed by atoms with van der Waals surface area (Å²) in [6.07, 6.45) is 4.77. The van der Waals surface area contributed by atoms with Crippen LogP contribution in [0.25, 0.3) is 0 Å². The van der Waals surface area contributed by atoms with Gasteiger partial charge in [-0.15, -0.1) is 0 Å². The minimum absolute atomic E-state index is 0.191. The van der Waals surface area contributed by atoms with Crippen molar-refractivity contribution in [2.24, 2.45) is 11.7 Å². The number of nitrogens with zero attached hydrogens (tertiary/aromatic N) is 1. The van der Waals surface area contributed by atoms with E-state index < -0.39 is 6.03 Å². The normalized spacial score (nSPS) is 32.6. The molecule has 3 atom stereocenters. The molecule has 0 aromatic rings. The first kappa shape index (κ1) is 13.3. The second-order valence-electron chi connectivity index (χ2n) is 5.25. The molecular weight excluding hydrogens is 234 g/mol. The highest BCUT2D eigenvalue weighted by Gasteiger charge is 2.38. The number of imide groups is 1. The minimum Gasteiger partial charge on any atom is -0.393 e. The van der Waals surface area contributed by atoms with Crippen LogP contribution in [0.2, 0.25) is 0 Å². The molecule has 0 aromatic carbocycles. The second kappa shape index (κ2) is 5.67. The van der Waals surface area contributed by atoms with E-state index in [1.807, 2.05) is 0 Å². The Bertz CT molecular complexity index is 335. The molecule has 3 amide bonds. The number of aliphatic hydroxyl groups excluding tert-OH is 1. The van der Waals surface area contributed by atoms with Crippen molar-refractivity contribution < 1.29 is 14.7 Å². The quantitative estimate of drug-likeness (QED) is 0.651. The van der Waals surface area contributed by atoms with E-state index in [2.05, 4.69) is 10.2 Å². The van der Waals surface area contributed by atoms with Crippen LogP contribution in [0.15, 0.2) is 0 Å². The number of hydrogen-bond donors (Lipinski definition) is 3. The highest BCUT2D eigenvalue weighted by molar-refractivity contribution is 5.94. The van der Waals surface area contributed by atoms with Gasteiger partial charge in [0.2, 0.25) is 5.91 Å². The molecule has 1 saturated carbocycles. The number of hydrogen-bond acceptors (Lipinski definition) is 4. The lowest BCUT2D eigenvalue weighted by atomic mass is 9.94. The molecule has 102 valence electrons. The van der Waals surface area contributed by atoms with Gasteiger partial charge in [0.1, 0.15) is 0 Å². The molecule has 0 spiro atoms. The smallest absolute Gasteiger partial charge is 0.318 e. The summed E-state index contributed by atoms with van der Waals surface area (Å²) in [5, 5.41) is 12.0. The number of rotatable bonds is 3. The highest BCUT2D eigenvalue weighted by atomic mass is 16.3. The van der Waals surface area contributed by atoms with Gasteiger partial charge < -0.3 is 10.8 Å². The van der Waals surface area contributed by atoms with Crippen LogP contribution < -0.4 is 11.1 Å². The number of urea groups is 1. The molecular formula is C12H21N3O3. The van der Waals surface area contributed by atoms with Gasteiger partial charge in [-0.1, -0.05) is 6.42 Å². The molecule has 3 unspecified atom stereocenters. The van der Waals surface area contributed by atoms with Crippen molar-refractivity contribution in [3.05, 3.63) is 0 Å². The summed E-state index contributed by atoms with van der Waals surface area (Å²) in [7, 11) is 0. The molecule has 2 aliphatic rings. The molecule has 18 heavy (non-hydrogen) atoms. The Morgan fingerprint density at radius 3 is 2.67 bits per heavy atom. The van der Waals surface area contributed by atoms with Crippen molar-refractivity contribution >= 4 is 11.9 Å². The van der Waals surface area contributed by atoms with Gasteiger partial charge in [-0.3, -0.25) is 15.0 Å². The predicted molar refractivity (Wildman–Crippen MR) is 65.7 cm³/mol. The molecule has 0 bridgehead atoms. The number of primary amides is 1. The predicted octanol–water partition coefficient (Wildman–Crippen LogP) is -0.193. The third-order valence-electron chi connectivity index (χ3n) is 4.05. The number of likely N-dealkylation sites (tertiary alicyclic amines) is 1. The van der Waals surface area contributed by atoms with Crippen LogP contribution in [0.3, 0.4) is 0 Å². The van der Waals surface area contributed by atoms with Crippen LogP contribution in [0.1, 0.15) is 32.1 Å². The lowest BCUT2D eigenvalue weighted by Crippen LogP contribution is -2.46. The van der Waals surface area contributed by atoms with Crippen molar-refractivity contribution in [3.8, 4) is 0 Å². The zero-order valence-electron chi connectivity index (χ0n) is 10.5. The van der Waals surface area contributed by atoms with E-state index in [1.54, 1.807) is 0 Å². The Labute approximate surface area is 107 Å². The van der Waals surface area contributed by atoms with Crippen molar-refractivity contribution in [2.75, 3.05) is 13.1 Å². The molecule has 1 aliphatic carbocycles.